The van der Waals surface area contributed by atoms with Crippen molar-refractivity contribution in [3.63, 3.8) is 0 Å². The van der Waals surface area contributed by atoms with E-state index in [0.29, 0.717) is 10.6 Å². The molecule has 1 N–H and O–H groups in total. The first-order valence-electron chi connectivity index (χ1n) is 9.55. The van der Waals surface area contributed by atoms with E-state index in [-0.39, 0.29) is 11.3 Å². The van der Waals surface area contributed by atoms with E-state index in [9.17, 15) is 4.79 Å². The van der Waals surface area contributed by atoms with Gasteiger partial charge >= 0.3 is 0 Å². The molecule has 5 heteroatoms. The van der Waals surface area contributed by atoms with Crippen LogP contribution in [0.25, 0.3) is 5.69 Å². The Balaban J connectivity index is 1.73. The summed E-state index contributed by atoms with van der Waals surface area (Å²) in [7, 11) is 0. The van der Waals surface area contributed by atoms with Gasteiger partial charge in [-0.15, -0.1) is 0 Å². The van der Waals surface area contributed by atoms with Crippen LogP contribution >= 0.6 is 11.6 Å². The number of hydrogen-bond donors (Lipinski definition) is 1. The van der Waals surface area contributed by atoms with Gasteiger partial charge in [0.25, 0.3) is 5.91 Å². The maximum atomic E-state index is 12.4. The molecular weight excluding hydrogens is 382 g/mol. The topological polar surface area (TPSA) is 46.4 Å². The summed E-state index contributed by atoms with van der Waals surface area (Å²) in [5.41, 5.74) is 8.54. The van der Waals surface area contributed by atoms with Gasteiger partial charge in [0.05, 0.1) is 6.21 Å². The van der Waals surface area contributed by atoms with Crippen molar-refractivity contribution in [3.05, 3.63) is 87.7 Å². The molecule has 29 heavy (non-hydrogen) atoms. The van der Waals surface area contributed by atoms with Crippen molar-refractivity contribution >= 4 is 23.7 Å². The molecule has 0 saturated heterocycles. The zero-order valence-electron chi connectivity index (χ0n) is 17.5. The molecule has 1 heterocycles. The fourth-order valence-electron chi connectivity index (χ4n) is 3.25. The van der Waals surface area contributed by atoms with Crippen LogP contribution in [0.15, 0.2) is 59.7 Å². The lowest BCUT2D eigenvalue weighted by Gasteiger charge is -2.18. The summed E-state index contributed by atoms with van der Waals surface area (Å²) in [5, 5.41) is 4.86. The van der Waals surface area contributed by atoms with Gasteiger partial charge < -0.3 is 4.57 Å². The molecule has 0 radical (unpaired) electrons. The van der Waals surface area contributed by atoms with Crippen LogP contribution in [0, 0.1) is 13.8 Å². The Morgan fingerprint density at radius 1 is 1.03 bits per heavy atom. The van der Waals surface area contributed by atoms with Crippen molar-refractivity contribution in [3.8, 4) is 5.69 Å². The van der Waals surface area contributed by atoms with Crippen molar-refractivity contribution in [1.82, 2.24) is 9.99 Å². The number of nitrogens with one attached hydrogen (secondary N) is 1. The predicted molar refractivity (Wildman–Crippen MR) is 120 cm³/mol. The number of rotatable bonds is 4. The lowest BCUT2D eigenvalue weighted by Crippen LogP contribution is -2.18. The Bertz CT molecular complexity index is 1040. The molecule has 3 aromatic rings. The van der Waals surface area contributed by atoms with Gasteiger partial charge in [-0.2, -0.15) is 5.10 Å². The molecule has 0 atom stereocenters. The fraction of sp³-hybridized carbons (Fsp3) is 0.250. The highest BCUT2D eigenvalue weighted by atomic mass is 35.5. The van der Waals surface area contributed by atoms with Gasteiger partial charge in [-0.25, -0.2) is 5.43 Å². The van der Waals surface area contributed by atoms with Crippen LogP contribution < -0.4 is 5.43 Å². The molecule has 1 aromatic heterocycles. The molecule has 3 rings (SSSR count). The third-order valence-corrected chi connectivity index (χ3v) is 5.19. The van der Waals surface area contributed by atoms with Crippen LogP contribution in [0.4, 0.5) is 0 Å². The number of aryl methyl sites for hydroxylation is 1. The van der Waals surface area contributed by atoms with E-state index in [1.807, 2.05) is 68.4 Å². The van der Waals surface area contributed by atoms with Gasteiger partial charge in [0.1, 0.15) is 0 Å². The first-order valence-corrected chi connectivity index (χ1v) is 9.93. The molecule has 0 bridgehead atoms. The maximum absolute atomic E-state index is 12.4. The highest BCUT2D eigenvalue weighted by Crippen LogP contribution is 2.23. The summed E-state index contributed by atoms with van der Waals surface area (Å²) in [4.78, 5) is 12.4. The zero-order chi connectivity index (χ0) is 21.2. The molecule has 1 amide bonds. The number of carbonyl (C=O) groups excluding carboxylic acids is 1. The van der Waals surface area contributed by atoms with Crippen molar-refractivity contribution in [1.29, 1.82) is 0 Å². The molecule has 0 aliphatic carbocycles. The summed E-state index contributed by atoms with van der Waals surface area (Å²) in [6.07, 6.45) is 1.68. The summed E-state index contributed by atoms with van der Waals surface area (Å²) < 4.78 is 2.13. The van der Waals surface area contributed by atoms with E-state index in [2.05, 4.69) is 35.9 Å². The molecule has 0 unspecified atom stereocenters. The van der Waals surface area contributed by atoms with Gasteiger partial charge in [0.2, 0.25) is 0 Å². The highest BCUT2D eigenvalue weighted by Gasteiger charge is 2.14. The first kappa shape index (κ1) is 20.9. The van der Waals surface area contributed by atoms with E-state index in [4.69, 9.17) is 11.6 Å². The third-order valence-electron chi connectivity index (χ3n) is 4.94. The average molecular weight is 408 g/mol. The number of carbonyl (C=O) groups is 1. The number of hydrogen-bond acceptors (Lipinski definition) is 2. The van der Waals surface area contributed by atoms with Gasteiger partial charge in [-0.1, -0.05) is 44.5 Å². The second-order valence-corrected chi connectivity index (χ2v) is 8.60. The van der Waals surface area contributed by atoms with Crippen molar-refractivity contribution in [2.24, 2.45) is 5.10 Å². The normalized spacial score (nSPS) is 11.8. The smallest absolute Gasteiger partial charge is 0.271 e. The maximum Gasteiger partial charge on any atom is 0.271 e. The van der Waals surface area contributed by atoms with E-state index in [1.54, 1.807) is 6.21 Å². The summed E-state index contributed by atoms with van der Waals surface area (Å²) in [6, 6.07) is 17.4. The van der Waals surface area contributed by atoms with E-state index < -0.39 is 0 Å². The van der Waals surface area contributed by atoms with Gasteiger partial charge in [0, 0.05) is 33.2 Å². The number of hydrazone groups is 1. The van der Waals surface area contributed by atoms with Crippen LogP contribution in [0.2, 0.25) is 5.02 Å². The van der Waals surface area contributed by atoms with Crippen LogP contribution in [0.1, 0.15) is 53.6 Å². The van der Waals surface area contributed by atoms with Gasteiger partial charge in [-0.3, -0.25) is 4.79 Å². The van der Waals surface area contributed by atoms with Gasteiger partial charge in [0.15, 0.2) is 0 Å². The molecule has 150 valence electrons. The Morgan fingerprint density at radius 2 is 1.66 bits per heavy atom. The largest absolute Gasteiger partial charge is 0.318 e. The lowest BCUT2D eigenvalue weighted by atomic mass is 9.87. The van der Waals surface area contributed by atoms with E-state index in [0.717, 1.165) is 22.6 Å². The lowest BCUT2D eigenvalue weighted by molar-refractivity contribution is 0.0955. The molecule has 4 nitrogen and oxygen atoms in total. The minimum atomic E-state index is -0.229. The molecule has 0 aliphatic rings. The fourth-order valence-corrected chi connectivity index (χ4v) is 3.38. The molecule has 0 spiro atoms. The van der Waals surface area contributed by atoms with Crippen molar-refractivity contribution in [2.75, 3.05) is 0 Å². The first-order chi connectivity index (χ1) is 13.7. The number of nitrogens with zero attached hydrogens (tertiary/aromatic N) is 2. The number of benzene rings is 2. The molecule has 2 aromatic carbocycles. The SMILES string of the molecule is Cc1cc(/C=N\NC(=O)c2ccc(C(C)(C)C)cc2)c(C)n1-c1ccc(Cl)cc1. The predicted octanol–water partition coefficient (Wildman–Crippen LogP) is 5.81. The summed E-state index contributed by atoms with van der Waals surface area (Å²) in [5.74, 6) is -0.229. The minimum absolute atomic E-state index is 0.0553. The zero-order valence-corrected chi connectivity index (χ0v) is 18.2. The quantitative estimate of drug-likeness (QED) is 0.430. The van der Waals surface area contributed by atoms with Crippen LogP contribution in [0.5, 0.6) is 0 Å². The summed E-state index contributed by atoms with van der Waals surface area (Å²) in [6.45, 7) is 10.5. The average Bonchev–Trinajstić information content (AvgIpc) is 2.95. The second-order valence-electron chi connectivity index (χ2n) is 8.16. The number of amides is 1. The standard InChI is InChI=1S/C24H26ClN3O/c1-16-14-19(17(2)28(16)22-12-10-21(25)11-13-22)15-26-27-23(29)18-6-8-20(9-7-18)24(3,4)5/h6-15H,1-5H3,(H,27,29)/b26-15-. The second kappa shape index (κ2) is 8.26. The highest BCUT2D eigenvalue weighted by molar-refractivity contribution is 6.30. The molecule has 0 saturated carbocycles. The number of aromatic nitrogens is 1. The van der Waals surface area contributed by atoms with E-state index in [1.165, 1.54) is 5.56 Å². The Kier molecular flexibility index (Phi) is 5.94. The van der Waals surface area contributed by atoms with Crippen molar-refractivity contribution < 1.29 is 4.79 Å². The van der Waals surface area contributed by atoms with Crippen LogP contribution in [0.3, 0.4) is 0 Å². The molecule has 0 fully saturated rings. The number of halogens is 1. The van der Waals surface area contributed by atoms with Crippen molar-refractivity contribution in [2.45, 2.75) is 40.0 Å². The Hall–Kier alpha value is -2.85. The van der Waals surface area contributed by atoms with Gasteiger partial charge in [-0.05, 0) is 67.3 Å². The Morgan fingerprint density at radius 3 is 2.24 bits per heavy atom. The van der Waals surface area contributed by atoms with Crippen LogP contribution in [-0.2, 0) is 5.41 Å². The molecular formula is C24H26ClN3O. The summed E-state index contributed by atoms with van der Waals surface area (Å²) >= 11 is 5.99. The minimum Gasteiger partial charge on any atom is -0.318 e. The Labute approximate surface area is 177 Å². The molecule has 0 aliphatic heterocycles. The van der Waals surface area contributed by atoms with Crippen LogP contribution in [-0.4, -0.2) is 16.7 Å². The van der Waals surface area contributed by atoms with E-state index >= 15 is 0 Å². The third kappa shape index (κ3) is 4.77. The monoisotopic (exact) mass is 407 g/mol.